The number of ketones is 1. The number of anilines is 1. The highest BCUT2D eigenvalue weighted by Crippen LogP contribution is 2.40. The van der Waals surface area contributed by atoms with E-state index >= 15 is 0 Å². The van der Waals surface area contributed by atoms with Crippen molar-refractivity contribution in [3.8, 4) is 6.07 Å². The van der Waals surface area contributed by atoms with E-state index in [1.54, 1.807) is 34.6 Å². The van der Waals surface area contributed by atoms with Gasteiger partial charge in [0, 0.05) is 16.7 Å². The van der Waals surface area contributed by atoms with Crippen molar-refractivity contribution in [1.82, 2.24) is 10.3 Å². The van der Waals surface area contributed by atoms with Gasteiger partial charge < -0.3 is 9.73 Å². The van der Waals surface area contributed by atoms with Crippen LogP contribution in [0.25, 0.3) is 11.1 Å². The molecule has 0 saturated heterocycles. The number of amides is 1. The molecule has 3 aromatic carbocycles. The summed E-state index contributed by atoms with van der Waals surface area (Å²) in [6, 6.07) is 27.4. The molecule has 4 aromatic rings. The molecule has 176 valence electrons. The summed E-state index contributed by atoms with van der Waals surface area (Å²) in [5.74, 6) is -0.124. The number of allylic oxidation sites excluding steroid dienone is 1. The van der Waals surface area contributed by atoms with Crippen molar-refractivity contribution in [2.75, 3.05) is 10.7 Å². The maximum absolute atomic E-state index is 13.2. The Morgan fingerprint density at radius 3 is 2.42 bits per heavy atom. The molecule has 0 atom stereocenters. The van der Waals surface area contributed by atoms with Crippen LogP contribution in [0.4, 0.5) is 5.69 Å². The Hall–Kier alpha value is -4.26. The van der Waals surface area contributed by atoms with Gasteiger partial charge in [-0.15, -0.1) is 0 Å². The molecule has 1 N–H and O–H groups in total. The summed E-state index contributed by atoms with van der Waals surface area (Å²) in [6.07, 6.45) is 0. The average Bonchev–Trinajstić information content (AvgIpc) is 3.53. The van der Waals surface area contributed by atoms with Crippen molar-refractivity contribution in [1.29, 1.82) is 5.26 Å². The van der Waals surface area contributed by atoms with E-state index in [1.807, 2.05) is 60.7 Å². The van der Waals surface area contributed by atoms with E-state index in [1.165, 1.54) is 23.5 Å². The Morgan fingerprint density at radius 2 is 1.69 bits per heavy atom. The van der Waals surface area contributed by atoms with E-state index < -0.39 is 0 Å². The van der Waals surface area contributed by atoms with Crippen LogP contribution in [0.15, 0.2) is 116 Å². The Morgan fingerprint density at radius 1 is 1.00 bits per heavy atom. The number of rotatable bonds is 7. The molecule has 0 saturated carbocycles. The minimum Gasteiger partial charge on any atom is -0.431 e. The molecule has 0 radical (unpaired) electrons. The van der Waals surface area contributed by atoms with Gasteiger partial charge in [0.15, 0.2) is 5.58 Å². The van der Waals surface area contributed by atoms with Crippen LogP contribution in [0.5, 0.6) is 0 Å². The van der Waals surface area contributed by atoms with Crippen molar-refractivity contribution in [2.45, 2.75) is 5.22 Å². The first-order valence-electron chi connectivity index (χ1n) is 10.9. The summed E-state index contributed by atoms with van der Waals surface area (Å²) in [5.41, 5.74) is 2.52. The second-order valence-electron chi connectivity index (χ2n) is 7.56. The third-order valence-corrected chi connectivity index (χ3v) is 6.98. The minimum absolute atomic E-state index is 0.00333. The number of hydrogen-bond donors (Lipinski definition) is 1. The first-order chi connectivity index (χ1) is 17.6. The number of oxazole rings is 1. The van der Waals surface area contributed by atoms with Crippen LogP contribution >= 0.6 is 23.5 Å². The zero-order chi connectivity index (χ0) is 24.9. The van der Waals surface area contributed by atoms with Crippen LogP contribution in [0.3, 0.4) is 0 Å². The van der Waals surface area contributed by atoms with Crippen molar-refractivity contribution < 1.29 is 14.0 Å². The zero-order valence-corrected chi connectivity index (χ0v) is 20.4. The molecule has 0 unspecified atom stereocenters. The Bertz CT molecular complexity index is 1510. The van der Waals surface area contributed by atoms with Crippen molar-refractivity contribution in [3.63, 3.8) is 0 Å². The number of aromatic nitrogens is 1. The maximum Gasteiger partial charge on any atom is 0.257 e. The fourth-order valence-corrected chi connectivity index (χ4v) is 5.16. The number of fused-ring (bicyclic) bond motifs is 1. The largest absolute Gasteiger partial charge is 0.431 e. The fraction of sp³-hybridized carbons (Fsp3) is 0.0370. The van der Waals surface area contributed by atoms with Gasteiger partial charge in [0.05, 0.1) is 5.75 Å². The molecule has 1 aliphatic rings. The molecular formula is C27H18N4O3S2. The normalized spacial score (nSPS) is 14.3. The quantitative estimate of drug-likeness (QED) is 0.146. The maximum atomic E-state index is 13.2. The minimum atomic E-state index is -0.381. The molecule has 5 rings (SSSR count). The van der Waals surface area contributed by atoms with Gasteiger partial charge in [-0.25, -0.2) is 4.98 Å². The SMILES string of the molecule is N#CC(C(=O)c1ccccc1)=C1SC=C(NC(=O)CSc2nc3ccccc3o2)N1c1ccccc1. The van der Waals surface area contributed by atoms with Gasteiger partial charge in [0.25, 0.3) is 5.22 Å². The van der Waals surface area contributed by atoms with Crippen molar-refractivity contribution in [3.05, 3.63) is 112 Å². The lowest BCUT2D eigenvalue weighted by atomic mass is 10.1. The van der Waals surface area contributed by atoms with Gasteiger partial charge in [-0.2, -0.15) is 5.26 Å². The second kappa shape index (κ2) is 10.6. The molecule has 1 amide bonds. The predicted molar refractivity (Wildman–Crippen MR) is 141 cm³/mol. The van der Waals surface area contributed by atoms with Crippen molar-refractivity contribution in [2.24, 2.45) is 0 Å². The van der Waals surface area contributed by atoms with E-state index in [0.717, 1.165) is 5.52 Å². The predicted octanol–water partition coefficient (Wildman–Crippen LogP) is 5.71. The van der Waals surface area contributed by atoms with Gasteiger partial charge in [-0.1, -0.05) is 84.2 Å². The Balaban J connectivity index is 1.38. The molecule has 7 nitrogen and oxygen atoms in total. The van der Waals surface area contributed by atoms with Gasteiger partial charge in [0.2, 0.25) is 11.7 Å². The lowest BCUT2D eigenvalue weighted by Crippen LogP contribution is -2.33. The third kappa shape index (κ3) is 4.91. The molecule has 0 bridgehead atoms. The monoisotopic (exact) mass is 510 g/mol. The van der Waals surface area contributed by atoms with Crippen LogP contribution in [-0.2, 0) is 4.79 Å². The molecule has 2 heterocycles. The van der Waals surface area contributed by atoms with E-state index in [9.17, 15) is 14.9 Å². The van der Waals surface area contributed by atoms with Crippen LogP contribution in [0, 0.1) is 11.3 Å². The molecule has 1 aliphatic heterocycles. The first kappa shape index (κ1) is 23.5. The van der Waals surface area contributed by atoms with E-state index in [0.29, 0.717) is 32.9 Å². The van der Waals surface area contributed by atoms with Crippen LogP contribution in [-0.4, -0.2) is 22.4 Å². The molecule has 9 heteroatoms. The number of para-hydroxylation sites is 3. The lowest BCUT2D eigenvalue weighted by molar-refractivity contribution is -0.117. The lowest BCUT2D eigenvalue weighted by Gasteiger charge is -2.24. The molecule has 1 aromatic heterocycles. The summed E-state index contributed by atoms with van der Waals surface area (Å²) in [5, 5.41) is 15.4. The van der Waals surface area contributed by atoms with Crippen molar-refractivity contribution >= 4 is 52.0 Å². The van der Waals surface area contributed by atoms with Crippen LogP contribution in [0.2, 0.25) is 0 Å². The molecule has 0 aliphatic carbocycles. The Labute approximate surface area is 215 Å². The van der Waals surface area contributed by atoms with E-state index in [2.05, 4.69) is 16.4 Å². The number of hydrogen-bond acceptors (Lipinski definition) is 8. The second-order valence-corrected chi connectivity index (χ2v) is 9.35. The van der Waals surface area contributed by atoms with Gasteiger partial charge in [-0.05, 0) is 24.3 Å². The van der Waals surface area contributed by atoms with E-state index in [-0.39, 0.29) is 23.0 Å². The summed E-state index contributed by atoms with van der Waals surface area (Å²) >= 11 is 2.40. The summed E-state index contributed by atoms with van der Waals surface area (Å²) in [6.45, 7) is 0. The topological polar surface area (TPSA) is 99.2 Å². The van der Waals surface area contributed by atoms with Gasteiger partial charge in [-0.3, -0.25) is 14.5 Å². The Kier molecular flexibility index (Phi) is 6.89. The fourth-order valence-electron chi connectivity index (χ4n) is 3.56. The number of nitrogens with one attached hydrogen (secondary N) is 1. The highest BCUT2D eigenvalue weighted by Gasteiger charge is 2.30. The smallest absolute Gasteiger partial charge is 0.257 e. The van der Waals surface area contributed by atoms with Gasteiger partial charge in [0.1, 0.15) is 28.0 Å². The number of thioether (sulfide) groups is 2. The molecule has 0 fully saturated rings. The molecule has 36 heavy (non-hydrogen) atoms. The summed E-state index contributed by atoms with van der Waals surface area (Å²) < 4.78 is 5.67. The number of carbonyl (C=O) groups excluding carboxylic acids is 2. The number of nitriles is 1. The first-order valence-corrected chi connectivity index (χ1v) is 12.7. The van der Waals surface area contributed by atoms with E-state index in [4.69, 9.17) is 4.42 Å². The zero-order valence-electron chi connectivity index (χ0n) is 18.8. The molecule has 0 spiro atoms. The number of Topliss-reactive ketones (excluding diaryl/α,β-unsaturated/α-hetero) is 1. The highest BCUT2D eigenvalue weighted by atomic mass is 32.2. The van der Waals surface area contributed by atoms with Crippen LogP contribution in [0.1, 0.15) is 10.4 Å². The highest BCUT2D eigenvalue weighted by molar-refractivity contribution is 8.06. The van der Waals surface area contributed by atoms with Crippen LogP contribution < -0.4 is 10.2 Å². The summed E-state index contributed by atoms with van der Waals surface area (Å²) in [7, 11) is 0. The summed E-state index contributed by atoms with van der Waals surface area (Å²) in [4.78, 5) is 32.1. The third-order valence-electron chi connectivity index (χ3n) is 5.20. The standard InChI is InChI=1S/C27H18N4O3S2/c28-15-20(25(33)18-9-3-1-4-10-18)26-31(19-11-5-2-6-12-19)23(16-35-26)30-24(32)17-36-27-29-21-13-7-8-14-22(21)34-27/h1-14,16H,17H2,(H,30,32). The van der Waals surface area contributed by atoms with Gasteiger partial charge >= 0.3 is 0 Å². The number of benzene rings is 3. The molecular weight excluding hydrogens is 492 g/mol. The average molecular weight is 511 g/mol. The number of carbonyl (C=O) groups is 2. The number of nitrogens with zero attached hydrogens (tertiary/aromatic N) is 3.